The number of aromatic nitrogens is 3. The smallest absolute Gasteiger partial charge is 0.273 e. The van der Waals surface area contributed by atoms with Crippen LogP contribution in [-0.2, 0) is 11.3 Å². The highest BCUT2D eigenvalue weighted by atomic mass is 79.9. The average Bonchev–Trinajstić information content (AvgIpc) is 2.92. The summed E-state index contributed by atoms with van der Waals surface area (Å²) < 4.78 is 20.0. The molecule has 1 aliphatic heterocycles. The normalized spacial score (nSPS) is 13.7. The van der Waals surface area contributed by atoms with Gasteiger partial charge in [0.2, 0.25) is 0 Å². The summed E-state index contributed by atoms with van der Waals surface area (Å²) >= 11 is 3.45. The van der Waals surface area contributed by atoms with Gasteiger partial charge in [0.1, 0.15) is 18.0 Å². The predicted octanol–water partition coefficient (Wildman–Crippen LogP) is 5.30. The highest BCUT2D eigenvalue weighted by molar-refractivity contribution is 9.10. The maximum absolute atomic E-state index is 14.2. The third-order valence-electron chi connectivity index (χ3n) is 5.80. The highest BCUT2D eigenvalue weighted by Crippen LogP contribution is 2.27. The van der Waals surface area contributed by atoms with Crippen molar-refractivity contribution >= 4 is 39.1 Å². The molecule has 0 amide bonds. The van der Waals surface area contributed by atoms with E-state index in [9.17, 15) is 14.3 Å². The molecule has 2 aromatic carbocycles. The van der Waals surface area contributed by atoms with E-state index in [4.69, 9.17) is 4.74 Å². The Morgan fingerprint density at radius 3 is 2.66 bits per heavy atom. The van der Waals surface area contributed by atoms with E-state index >= 15 is 0 Å². The number of morpholine rings is 1. The predicted molar refractivity (Wildman–Crippen MR) is 145 cm³/mol. The summed E-state index contributed by atoms with van der Waals surface area (Å²) in [6, 6.07) is 16.2. The zero-order chi connectivity index (χ0) is 26.5. The van der Waals surface area contributed by atoms with Gasteiger partial charge >= 0.3 is 0 Å². The van der Waals surface area contributed by atoms with Gasteiger partial charge in [0.15, 0.2) is 11.6 Å². The SMILES string of the molecule is O=c1[nH]c(CN=Nc2ncc(F)c(N3CCOCC3)n2)cc(Br)c1Nc1ccc(-c2cccc(O)c2)cc1. The molecule has 2 aromatic heterocycles. The number of phenolic OH excluding ortho intramolecular Hbond substituents is 1. The third kappa shape index (κ3) is 6.03. The van der Waals surface area contributed by atoms with E-state index < -0.39 is 5.82 Å². The van der Waals surface area contributed by atoms with Gasteiger partial charge in [-0.25, -0.2) is 9.37 Å². The number of ether oxygens (including phenoxy) is 1. The first-order chi connectivity index (χ1) is 18.5. The molecule has 3 N–H and O–H groups in total. The lowest BCUT2D eigenvalue weighted by molar-refractivity contribution is 0.122. The molecule has 3 heterocycles. The zero-order valence-electron chi connectivity index (χ0n) is 20.1. The minimum atomic E-state index is -0.531. The Morgan fingerprint density at radius 2 is 1.92 bits per heavy atom. The maximum atomic E-state index is 14.2. The Hall–Kier alpha value is -4.16. The van der Waals surface area contributed by atoms with Crippen LogP contribution in [0.25, 0.3) is 11.1 Å². The quantitative estimate of drug-likeness (QED) is 0.253. The van der Waals surface area contributed by atoms with Crippen molar-refractivity contribution in [2.45, 2.75) is 6.54 Å². The van der Waals surface area contributed by atoms with Crippen molar-refractivity contribution in [1.82, 2.24) is 15.0 Å². The van der Waals surface area contributed by atoms with Crippen LogP contribution < -0.4 is 15.8 Å². The number of aromatic amines is 1. The van der Waals surface area contributed by atoms with Crippen LogP contribution in [0.2, 0.25) is 0 Å². The van der Waals surface area contributed by atoms with Gasteiger partial charge in [-0.15, -0.1) is 5.11 Å². The molecular formula is C26H23BrFN7O3. The van der Waals surface area contributed by atoms with E-state index in [2.05, 4.69) is 46.4 Å². The Morgan fingerprint density at radius 1 is 1.13 bits per heavy atom. The molecule has 10 nitrogen and oxygen atoms in total. The molecule has 1 fully saturated rings. The lowest BCUT2D eigenvalue weighted by Gasteiger charge is -2.27. The molecule has 5 rings (SSSR count). The number of rotatable bonds is 7. The minimum absolute atomic E-state index is 0.0294. The summed E-state index contributed by atoms with van der Waals surface area (Å²) in [5.74, 6) is -0.139. The maximum Gasteiger partial charge on any atom is 0.273 e. The molecule has 0 spiro atoms. The second kappa shape index (κ2) is 11.5. The van der Waals surface area contributed by atoms with Crippen LogP contribution in [0.5, 0.6) is 5.75 Å². The second-order valence-electron chi connectivity index (χ2n) is 8.44. The number of hydrogen-bond acceptors (Lipinski definition) is 9. The van der Waals surface area contributed by atoms with Crippen LogP contribution in [-0.4, -0.2) is 46.4 Å². The van der Waals surface area contributed by atoms with Crippen LogP contribution in [0.3, 0.4) is 0 Å². The number of phenols is 1. The summed E-state index contributed by atoms with van der Waals surface area (Å²) in [6.07, 6.45) is 1.07. The zero-order valence-corrected chi connectivity index (χ0v) is 21.7. The molecular weight excluding hydrogens is 557 g/mol. The van der Waals surface area contributed by atoms with Crippen LogP contribution in [0.15, 0.2) is 80.3 Å². The topological polar surface area (TPSA) is 128 Å². The summed E-state index contributed by atoms with van der Waals surface area (Å²) in [6.45, 7) is 2.12. The third-order valence-corrected chi connectivity index (χ3v) is 6.42. The molecule has 0 aliphatic carbocycles. The van der Waals surface area contributed by atoms with Crippen LogP contribution in [0.1, 0.15) is 5.69 Å². The van der Waals surface area contributed by atoms with Crippen LogP contribution in [0, 0.1) is 5.82 Å². The fourth-order valence-corrected chi connectivity index (χ4v) is 4.48. The van der Waals surface area contributed by atoms with E-state index in [0.29, 0.717) is 42.2 Å². The molecule has 0 saturated carbocycles. The van der Waals surface area contributed by atoms with Crippen LogP contribution in [0.4, 0.5) is 27.5 Å². The monoisotopic (exact) mass is 579 g/mol. The van der Waals surface area contributed by atoms with E-state index in [0.717, 1.165) is 23.0 Å². The number of nitrogens with zero attached hydrogens (tertiary/aromatic N) is 5. The number of nitrogens with one attached hydrogen (secondary N) is 2. The molecule has 4 aromatic rings. The number of pyridine rings is 1. The van der Waals surface area contributed by atoms with Crippen molar-refractivity contribution in [3.63, 3.8) is 0 Å². The summed E-state index contributed by atoms with van der Waals surface area (Å²) in [7, 11) is 0. The molecule has 0 bridgehead atoms. The van der Waals surface area contributed by atoms with Gasteiger partial charge in [-0.05, 0) is 57.4 Å². The van der Waals surface area contributed by atoms with Crippen molar-refractivity contribution in [3.05, 3.63) is 87.1 Å². The van der Waals surface area contributed by atoms with Gasteiger partial charge in [0, 0.05) is 28.9 Å². The number of aromatic hydroxyl groups is 1. The van der Waals surface area contributed by atoms with E-state index in [-0.39, 0.29) is 29.6 Å². The summed E-state index contributed by atoms with van der Waals surface area (Å²) in [5, 5.41) is 20.9. The molecule has 12 heteroatoms. The Labute approximate surface area is 225 Å². The molecule has 1 saturated heterocycles. The van der Waals surface area contributed by atoms with Gasteiger partial charge in [-0.1, -0.05) is 24.3 Å². The van der Waals surface area contributed by atoms with Crippen molar-refractivity contribution in [3.8, 4) is 16.9 Å². The number of azo groups is 1. The minimum Gasteiger partial charge on any atom is -0.508 e. The average molecular weight is 580 g/mol. The lowest BCUT2D eigenvalue weighted by Crippen LogP contribution is -2.37. The number of halogens is 2. The number of hydrogen-bond donors (Lipinski definition) is 3. The number of H-pyrrole nitrogens is 1. The van der Waals surface area contributed by atoms with Crippen molar-refractivity contribution in [2.75, 3.05) is 36.5 Å². The Bertz CT molecular complexity index is 1520. The van der Waals surface area contributed by atoms with E-state index in [1.807, 2.05) is 30.3 Å². The molecule has 0 atom stereocenters. The highest BCUT2D eigenvalue weighted by Gasteiger charge is 2.18. The number of anilines is 3. The van der Waals surface area contributed by atoms with Gasteiger partial charge in [-0.2, -0.15) is 10.1 Å². The largest absolute Gasteiger partial charge is 0.508 e. The van der Waals surface area contributed by atoms with Gasteiger partial charge in [-0.3, -0.25) is 4.79 Å². The van der Waals surface area contributed by atoms with Crippen LogP contribution >= 0.6 is 15.9 Å². The van der Waals surface area contributed by atoms with Crippen molar-refractivity contribution in [1.29, 1.82) is 0 Å². The fourth-order valence-electron chi connectivity index (χ4n) is 3.92. The second-order valence-corrected chi connectivity index (χ2v) is 9.29. The first kappa shape index (κ1) is 25.5. The molecule has 1 aliphatic rings. The molecule has 194 valence electrons. The standard InChI is InChI=1S/C26H23BrFN7O3/c27-21-13-19(14-30-34-26-29-15-22(28)24(33-26)35-8-10-38-11-9-35)32-25(37)23(21)31-18-6-4-16(5-7-18)17-2-1-3-20(36)12-17/h1-7,12-13,15,31,36H,8-11,14H2,(H,32,37). The first-order valence-electron chi connectivity index (χ1n) is 11.8. The first-order valence-corrected chi connectivity index (χ1v) is 12.6. The van der Waals surface area contributed by atoms with Gasteiger partial charge < -0.3 is 25.0 Å². The fraction of sp³-hybridized carbons (Fsp3) is 0.192. The van der Waals surface area contributed by atoms with Crippen molar-refractivity contribution < 1.29 is 14.2 Å². The molecule has 38 heavy (non-hydrogen) atoms. The van der Waals surface area contributed by atoms with Crippen molar-refractivity contribution in [2.24, 2.45) is 10.2 Å². The van der Waals surface area contributed by atoms with Gasteiger partial charge in [0.25, 0.3) is 11.5 Å². The van der Waals surface area contributed by atoms with E-state index in [1.165, 1.54) is 0 Å². The van der Waals surface area contributed by atoms with Gasteiger partial charge in [0.05, 0.1) is 19.4 Å². The summed E-state index contributed by atoms with van der Waals surface area (Å²) in [5.41, 5.74) is 3.06. The van der Waals surface area contributed by atoms with E-state index in [1.54, 1.807) is 29.2 Å². The molecule has 0 radical (unpaired) electrons. The summed E-state index contributed by atoms with van der Waals surface area (Å²) in [4.78, 5) is 25.4. The lowest BCUT2D eigenvalue weighted by atomic mass is 10.1. The molecule has 0 unspecified atom stereocenters. The number of benzene rings is 2. The Kier molecular flexibility index (Phi) is 7.70. The Balaban J connectivity index is 1.25.